The van der Waals surface area contributed by atoms with E-state index < -0.39 is 0 Å². The molecule has 0 atom stereocenters. The zero-order chi connectivity index (χ0) is 37.2. The number of aromatic nitrogens is 4. The van der Waals surface area contributed by atoms with Crippen LogP contribution in [-0.2, 0) is 0 Å². The molecule has 0 amide bonds. The van der Waals surface area contributed by atoms with Gasteiger partial charge in [0.2, 0.25) is 0 Å². The fraction of sp³-hybridized carbons (Fsp3) is 0.250. The third kappa shape index (κ3) is 6.21. The second-order valence-electron chi connectivity index (χ2n) is 15.3. The summed E-state index contributed by atoms with van der Waals surface area (Å²) in [6, 6.07) is 27.3. The number of nitrogens with zero attached hydrogens (tertiary/aromatic N) is 4. The van der Waals surface area contributed by atoms with E-state index in [9.17, 15) is 0 Å². The fourth-order valence-corrected chi connectivity index (χ4v) is 8.81. The molecule has 7 rings (SSSR count). The van der Waals surface area contributed by atoms with Gasteiger partial charge in [-0.1, -0.05) is 95.1 Å². The van der Waals surface area contributed by atoms with E-state index in [0.29, 0.717) is 0 Å². The lowest BCUT2D eigenvalue weighted by Crippen LogP contribution is -2.34. The van der Waals surface area contributed by atoms with Crippen LogP contribution in [0.5, 0.6) is 0 Å². The van der Waals surface area contributed by atoms with Crippen molar-refractivity contribution in [2.24, 2.45) is 0 Å². The van der Waals surface area contributed by atoms with Crippen molar-refractivity contribution in [3.63, 3.8) is 0 Å². The van der Waals surface area contributed by atoms with E-state index in [1.165, 1.54) is 89.5 Å². The van der Waals surface area contributed by atoms with Gasteiger partial charge in [-0.25, -0.2) is 4.57 Å². The summed E-state index contributed by atoms with van der Waals surface area (Å²) in [6.45, 7) is 26.4. The minimum Gasteiger partial charge on any atom is -0.298 e. The number of aryl methyl sites for hydroxylation is 12. The Balaban J connectivity index is 1.42. The van der Waals surface area contributed by atoms with Crippen LogP contribution in [0.3, 0.4) is 0 Å². The Morgan fingerprint density at radius 1 is 0.423 bits per heavy atom. The summed E-state index contributed by atoms with van der Waals surface area (Å²) < 4.78 is 9.14. The van der Waals surface area contributed by atoms with E-state index >= 15 is 0 Å². The van der Waals surface area contributed by atoms with Crippen LogP contribution in [0.25, 0.3) is 45.3 Å². The lowest BCUT2D eigenvalue weighted by molar-refractivity contribution is -0.588. The summed E-state index contributed by atoms with van der Waals surface area (Å²) in [5.74, 6) is 0. The average molecular weight is 684 g/mol. The van der Waals surface area contributed by atoms with Crippen LogP contribution in [-0.4, -0.2) is 9.13 Å². The summed E-state index contributed by atoms with van der Waals surface area (Å²) in [5, 5.41) is 0. The predicted octanol–water partition coefficient (Wildman–Crippen LogP) is 10.7. The first-order valence-corrected chi connectivity index (χ1v) is 18.3. The molecule has 0 aliphatic rings. The minimum absolute atomic E-state index is 1.10. The van der Waals surface area contributed by atoms with Gasteiger partial charge in [0.25, 0.3) is 12.7 Å². The molecule has 0 radical (unpaired) electrons. The summed E-state index contributed by atoms with van der Waals surface area (Å²) in [7, 11) is 0. The Morgan fingerprint density at radius 3 is 1.27 bits per heavy atom. The average Bonchev–Trinajstić information content (AvgIpc) is 3.64. The molecule has 0 saturated heterocycles. The SMILES string of the molecule is Cc1cc(C)c(-n2[c-][n+](-c3c(C)cc(C)cc3C)c(-c3ccc(-c4cn(-c5c(C)cc(C)cc5C)c[n+]4-c4c(C)cc(C)cc4C)cc3)c2)c(C)c1. The highest BCUT2D eigenvalue weighted by Gasteiger charge is 2.25. The van der Waals surface area contributed by atoms with Gasteiger partial charge >= 0.3 is 0 Å². The molecule has 0 fully saturated rings. The summed E-state index contributed by atoms with van der Waals surface area (Å²) in [4.78, 5) is 0. The Labute approximate surface area is 310 Å². The summed E-state index contributed by atoms with van der Waals surface area (Å²) in [5.41, 5.74) is 24.5. The maximum Gasteiger partial charge on any atom is 0.269 e. The zero-order valence-electron chi connectivity index (χ0n) is 32.9. The monoisotopic (exact) mass is 683 g/mol. The van der Waals surface area contributed by atoms with Gasteiger partial charge in [-0.2, -0.15) is 4.57 Å². The Hall–Kier alpha value is -5.48. The van der Waals surface area contributed by atoms with E-state index in [2.05, 4.69) is 199 Å². The van der Waals surface area contributed by atoms with E-state index in [4.69, 9.17) is 0 Å². The van der Waals surface area contributed by atoms with E-state index in [0.717, 1.165) is 22.5 Å². The molecule has 4 nitrogen and oxygen atoms in total. The molecule has 2 heterocycles. The van der Waals surface area contributed by atoms with Gasteiger partial charge in [-0.3, -0.25) is 9.13 Å². The normalized spacial score (nSPS) is 11.5. The third-order valence-corrected chi connectivity index (χ3v) is 10.4. The molecule has 7 aromatic rings. The van der Waals surface area contributed by atoms with Crippen molar-refractivity contribution < 1.29 is 9.13 Å². The predicted molar refractivity (Wildman–Crippen MR) is 215 cm³/mol. The molecular formula is C48H51N4+. The van der Waals surface area contributed by atoms with Crippen LogP contribution in [0, 0.1) is 89.4 Å². The number of hydrogen-bond donors (Lipinski definition) is 0. The van der Waals surface area contributed by atoms with Crippen molar-refractivity contribution in [1.29, 1.82) is 0 Å². The largest absolute Gasteiger partial charge is 0.298 e. The van der Waals surface area contributed by atoms with Crippen molar-refractivity contribution in [3.8, 4) is 45.3 Å². The molecule has 0 N–H and O–H groups in total. The van der Waals surface area contributed by atoms with Crippen LogP contribution < -0.4 is 9.13 Å². The molecule has 262 valence electrons. The Morgan fingerprint density at radius 2 is 0.808 bits per heavy atom. The maximum atomic E-state index is 3.77. The van der Waals surface area contributed by atoms with Crippen LogP contribution in [0.15, 0.2) is 91.5 Å². The molecule has 5 aromatic carbocycles. The minimum atomic E-state index is 1.10. The number of rotatable bonds is 6. The maximum absolute atomic E-state index is 3.77. The molecular weight excluding hydrogens is 633 g/mol. The second-order valence-corrected chi connectivity index (χ2v) is 15.3. The molecule has 4 heteroatoms. The van der Waals surface area contributed by atoms with Crippen LogP contribution in [0.4, 0.5) is 0 Å². The van der Waals surface area contributed by atoms with Gasteiger partial charge in [0.15, 0.2) is 5.69 Å². The molecule has 0 bridgehead atoms. The van der Waals surface area contributed by atoms with Crippen LogP contribution in [0.1, 0.15) is 66.8 Å². The first kappa shape index (κ1) is 34.9. The molecule has 52 heavy (non-hydrogen) atoms. The first-order valence-electron chi connectivity index (χ1n) is 18.3. The highest BCUT2D eigenvalue weighted by molar-refractivity contribution is 5.66. The second kappa shape index (κ2) is 13.2. The van der Waals surface area contributed by atoms with Gasteiger partial charge in [0.1, 0.15) is 17.6 Å². The highest BCUT2D eigenvalue weighted by atomic mass is 15.2. The van der Waals surface area contributed by atoms with E-state index in [1.54, 1.807) is 0 Å². The standard InChI is InChI=1S/C48H51N4/c1-29-17-33(5)45(34(6)18-29)49-25-43(51(27-49)47-37(9)21-31(3)22-38(47)10)41-13-15-42(16-14-41)44-26-50(46-35(7)19-30(2)20-36(46)8)28-52(44)48-39(11)23-32(4)24-40(48)12/h13-27H,1-12H3/q+1. The fourth-order valence-electron chi connectivity index (χ4n) is 8.81. The third-order valence-electron chi connectivity index (χ3n) is 10.4. The summed E-state index contributed by atoms with van der Waals surface area (Å²) in [6.07, 6.45) is 10.6. The van der Waals surface area contributed by atoms with Crippen molar-refractivity contribution in [1.82, 2.24) is 9.13 Å². The van der Waals surface area contributed by atoms with Gasteiger partial charge in [-0.05, 0) is 133 Å². The molecule has 0 spiro atoms. The Kier molecular flexibility index (Phi) is 8.90. The topological polar surface area (TPSA) is 17.6 Å². The van der Waals surface area contributed by atoms with Gasteiger partial charge in [0, 0.05) is 11.8 Å². The quantitative estimate of drug-likeness (QED) is 0.123. The lowest BCUT2D eigenvalue weighted by atomic mass is 10.0. The van der Waals surface area contributed by atoms with Gasteiger partial charge < -0.3 is 0 Å². The number of imidazole rings is 2. The first-order chi connectivity index (χ1) is 24.7. The number of benzene rings is 5. The molecule has 0 aliphatic carbocycles. The van der Waals surface area contributed by atoms with Gasteiger partial charge in [-0.15, -0.1) is 0 Å². The van der Waals surface area contributed by atoms with E-state index in [1.807, 2.05) is 0 Å². The summed E-state index contributed by atoms with van der Waals surface area (Å²) >= 11 is 0. The van der Waals surface area contributed by atoms with Crippen molar-refractivity contribution in [2.45, 2.75) is 83.1 Å². The molecule has 2 aromatic heterocycles. The molecule has 0 unspecified atom stereocenters. The molecule has 0 saturated carbocycles. The van der Waals surface area contributed by atoms with Crippen molar-refractivity contribution in [2.75, 3.05) is 0 Å². The van der Waals surface area contributed by atoms with Crippen LogP contribution in [0.2, 0.25) is 0 Å². The van der Waals surface area contributed by atoms with Crippen molar-refractivity contribution in [3.05, 3.63) is 165 Å². The smallest absolute Gasteiger partial charge is 0.269 e. The van der Waals surface area contributed by atoms with Gasteiger partial charge in [0.05, 0.1) is 17.1 Å². The zero-order valence-corrected chi connectivity index (χ0v) is 32.9. The Bertz CT molecular complexity index is 2250. The molecule has 0 aliphatic heterocycles. The van der Waals surface area contributed by atoms with Crippen LogP contribution >= 0.6 is 0 Å². The number of hydrogen-bond acceptors (Lipinski definition) is 0. The van der Waals surface area contributed by atoms with E-state index in [-0.39, 0.29) is 0 Å². The lowest BCUT2D eigenvalue weighted by Gasteiger charge is -2.15. The highest BCUT2D eigenvalue weighted by Crippen LogP contribution is 2.30. The van der Waals surface area contributed by atoms with Crippen molar-refractivity contribution >= 4 is 0 Å².